The number of carbonyl (C=O) groups excluding carboxylic acids is 1. The van der Waals surface area contributed by atoms with Crippen molar-refractivity contribution >= 4 is 6.29 Å². The van der Waals surface area contributed by atoms with E-state index in [0.717, 1.165) is 29.4 Å². The molecule has 0 amide bonds. The summed E-state index contributed by atoms with van der Waals surface area (Å²) in [5.41, 5.74) is 2.69. The fraction of sp³-hybridized carbons (Fsp3) is 0.444. The lowest BCUT2D eigenvalue weighted by atomic mass is 9.63. The van der Waals surface area contributed by atoms with E-state index in [-0.39, 0.29) is 22.7 Å². The molecule has 1 aliphatic heterocycles. The van der Waals surface area contributed by atoms with E-state index in [1.807, 2.05) is 37.3 Å². The second-order valence-corrected chi connectivity index (χ2v) is 9.32. The number of aliphatic hydroxyl groups excluding tert-OH is 1. The van der Waals surface area contributed by atoms with Gasteiger partial charge in [-0.25, -0.2) is 0 Å². The molecule has 30 heavy (non-hydrogen) atoms. The van der Waals surface area contributed by atoms with Gasteiger partial charge in [0.15, 0.2) is 0 Å². The number of allylic oxidation sites excluding steroid dienone is 13. The first-order chi connectivity index (χ1) is 14.1. The Kier molecular flexibility index (Phi) is 7.79. The first kappa shape index (κ1) is 24.0. The summed E-state index contributed by atoms with van der Waals surface area (Å²) in [7, 11) is 0. The zero-order valence-corrected chi connectivity index (χ0v) is 19.2. The molecule has 0 bridgehead atoms. The Morgan fingerprint density at radius 2 is 1.37 bits per heavy atom. The van der Waals surface area contributed by atoms with Crippen molar-refractivity contribution < 1.29 is 14.6 Å². The molecule has 3 nitrogen and oxygen atoms in total. The number of aliphatic hydroxyl groups is 1. The summed E-state index contributed by atoms with van der Waals surface area (Å²) in [5, 5.41) is 10.2. The van der Waals surface area contributed by atoms with Gasteiger partial charge in [0.2, 0.25) is 0 Å². The summed E-state index contributed by atoms with van der Waals surface area (Å²) in [6, 6.07) is 0. The molecule has 1 saturated heterocycles. The third-order valence-corrected chi connectivity index (χ3v) is 6.07. The first-order valence-electron chi connectivity index (χ1n) is 10.6. The Hall–Kier alpha value is -2.23. The topological polar surface area (TPSA) is 49.8 Å². The standard InChI is InChI=1S/C27H36O3/c1-21(11-7-8-12-22(2)15-10-18-28)13-9-14-23(3)16-17-27-25(4,5)19-24(29)20-26(27,6)30-27/h7-18,24,29H,19-20H2,1-6H3/b8-7+,13-9+,15-10+,17-16+,21-11+,22-12+,23-14+/t24-,26+,27-/m0/s1. The lowest BCUT2D eigenvalue weighted by Crippen LogP contribution is -2.46. The summed E-state index contributed by atoms with van der Waals surface area (Å²) in [5.74, 6) is 0. The highest BCUT2D eigenvalue weighted by atomic mass is 16.6. The van der Waals surface area contributed by atoms with Gasteiger partial charge in [0.1, 0.15) is 17.5 Å². The van der Waals surface area contributed by atoms with Gasteiger partial charge >= 0.3 is 0 Å². The maximum Gasteiger partial charge on any atom is 0.142 e. The van der Waals surface area contributed by atoms with Crippen molar-refractivity contribution in [1.82, 2.24) is 0 Å². The molecule has 2 aliphatic rings. The largest absolute Gasteiger partial charge is 0.393 e. The second-order valence-electron chi connectivity index (χ2n) is 9.32. The van der Waals surface area contributed by atoms with E-state index >= 15 is 0 Å². The van der Waals surface area contributed by atoms with Crippen molar-refractivity contribution in [1.29, 1.82) is 0 Å². The number of aldehydes is 1. The average molecular weight is 409 g/mol. The number of carbonyl (C=O) groups is 1. The molecular formula is C27H36O3. The summed E-state index contributed by atoms with van der Waals surface area (Å²) < 4.78 is 6.19. The number of hydrogen-bond donors (Lipinski definition) is 1. The number of hydrogen-bond acceptors (Lipinski definition) is 3. The molecule has 162 valence electrons. The third-order valence-electron chi connectivity index (χ3n) is 6.07. The zero-order chi connectivity index (χ0) is 22.4. The van der Waals surface area contributed by atoms with E-state index in [1.54, 1.807) is 6.08 Å². The smallest absolute Gasteiger partial charge is 0.142 e. The van der Waals surface area contributed by atoms with E-state index in [4.69, 9.17) is 4.74 Å². The van der Waals surface area contributed by atoms with Crippen LogP contribution in [0, 0.1) is 5.41 Å². The highest BCUT2D eigenvalue weighted by Gasteiger charge is 2.74. The minimum absolute atomic E-state index is 0.0898. The number of fused-ring (bicyclic) bond motifs is 1. The number of epoxide rings is 1. The number of ether oxygens (including phenoxy) is 1. The van der Waals surface area contributed by atoms with Crippen molar-refractivity contribution in [3.63, 3.8) is 0 Å². The quantitative estimate of drug-likeness (QED) is 0.233. The van der Waals surface area contributed by atoms with Crippen molar-refractivity contribution in [2.45, 2.75) is 71.7 Å². The fourth-order valence-corrected chi connectivity index (χ4v) is 4.45. The van der Waals surface area contributed by atoms with Crippen LogP contribution >= 0.6 is 0 Å². The second kappa shape index (κ2) is 9.72. The Labute approximate surface area is 181 Å². The van der Waals surface area contributed by atoms with Gasteiger partial charge in [-0.1, -0.05) is 85.3 Å². The summed E-state index contributed by atoms with van der Waals surface area (Å²) in [4.78, 5) is 10.3. The van der Waals surface area contributed by atoms with Crippen molar-refractivity contribution in [3.05, 3.63) is 83.6 Å². The fourth-order valence-electron chi connectivity index (χ4n) is 4.45. The van der Waals surface area contributed by atoms with Crippen LogP contribution in [0.1, 0.15) is 54.4 Å². The van der Waals surface area contributed by atoms with Crippen LogP contribution in [0.4, 0.5) is 0 Å². The van der Waals surface area contributed by atoms with Gasteiger partial charge in [0.05, 0.1) is 6.10 Å². The molecule has 3 atom stereocenters. The van der Waals surface area contributed by atoms with Crippen molar-refractivity contribution in [3.8, 4) is 0 Å². The van der Waals surface area contributed by atoms with Gasteiger partial charge in [-0.3, -0.25) is 4.79 Å². The Morgan fingerprint density at radius 1 is 0.833 bits per heavy atom. The average Bonchev–Trinajstić information content (AvgIpc) is 3.27. The van der Waals surface area contributed by atoms with E-state index < -0.39 is 0 Å². The van der Waals surface area contributed by atoms with Crippen LogP contribution in [0.2, 0.25) is 0 Å². The third kappa shape index (κ3) is 5.68. The highest BCUT2D eigenvalue weighted by Crippen LogP contribution is 2.66. The summed E-state index contributed by atoms with van der Waals surface area (Å²) in [6.07, 6.45) is 23.7. The highest BCUT2D eigenvalue weighted by molar-refractivity contribution is 5.65. The molecule has 0 radical (unpaired) electrons. The van der Waals surface area contributed by atoms with Gasteiger partial charge in [-0.2, -0.15) is 0 Å². The predicted molar refractivity (Wildman–Crippen MR) is 125 cm³/mol. The molecule has 1 aliphatic carbocycles. The first-order valence-corrected chi connectivity index (χ1v) is 10.6. The molecule has 0 aromatic heterocycles. The molecule has 2 fully saturated rings. The lowest BCUT2D eigenvalue weighted by Gasteiger charge is -2.39. The molecule has 1 heterocycles. The van der Waals surface area contributed by atoms with Crippen LogP contribution in [-0.4, -0.2) is 28.7 Å². The minimum Gasteiger partial charge on any atom is -0.393 e. The van der Waals surface area contributed by atoms with Crippen LogP contribution in [-0.2, 0) is 9.53 Å². The van der Waals surface area contributed by atoms with Crippen LogP contribution < -0.4 is 0 Å². The molecule has 0 aromatic rings. The monoisotopic (exact) mass is 408 g/mol. The van der Waals surface area contributed by atoms with Gasteiger partial charge in [0.25, 0.3) is 0 Å². The molecule has 0 unspecified atom stereocenters. The molecule has 0 spiro atoms. The molecule has 2 rings (SSSR count). The summed E-state index contributed by atoms with van der Waals surface area (Å²) in [6.45, 7) is 12.6. The van der Waals surface area contributed by atoms with Crippen molar-refractivity contribution in [2.24, 2.45) is 5.41 Å². The maximum absolute atomic E-state index is 10.3. The molecular weight excluding hydrogens is 372 g/mol. The van der Waals surface area contributed by atoms with E-state index in [0.29, 0.717) is 6.42 Å². The zero-order valence-electron chi connectivity index (χ0n) is 19.2. The van der Waals surface area contributed by atoms with Gasteiger partial charge in [0, 0.05) is 11.8 Å². The van der Waals surface area contributed by atoms with Crippen LogP contribution in [0.15, 0.2) is 83.6 Å². The van der Waals surface area contributed by atoms with E-state index in [9.17, 15) is 9.90 Å². The van der Waals surface area contributed by atoms with E-state index in [2.05, 4.69) is 58.9 Å². The van der Waals surface area contributed by atoms with Gasteiger partial charge < -0.3 is 9.84 Å². The maximum atomic E-state index is 10.3. The molecule has 0 aromatic carbocycles. The Balaban J connectivity index is 1.96. The van der Waals surface area contributed by atoms with Crippen LogP contribution in [0.5, 0.6) is 0 Å². The Morgan fingerprint density at radius 3 is 1.93 bits per heavy atom. The van der Waals surface area contributed by atoms with Gasteiger partial charge in [-0.15, -0.1) is 0 Å². The summed E-state index contributed by atoms with van der Waals surface area (Å²) >= 11 is 0. The van der Waals surface area contributed by atoms with Crippen molar-refractivity contribution in [2.75, 3.05) is 0 Å². The lowest BCUT2D eigenvalue weighted by molar-refractivity contribution is -0.104. The number of rotatable bonds is 8. The van der Waals surface area contributed by atoms with Crippen LogP contribution in [0.25, 0.3) is 0 Å². The van der Waals surface area contributed by atoms with E-state index in [1.165, 1.54) is 6.08 Å². The minimum atomic E-state index is -0.287. The van der Waals surface area contributed by atoms with Crippen LogP contribution in [0.3, 0.4) is 0 Å². The Bertz CT molecular complexity index is 847. The molecule has 1 N–H and O–H groups in total. The molecule has 3 heteroatoms. The SMILES string of the molecule is CC(/C=C/C=O)=C\C=C\C=C(C)\C=C\C=C(C)\C=C\[C@@]12O[C@]1(C)C[C@@H](O)CC2(C)C. The van der Waals surface area contributed by atoms with Gasteiger partial charge in [-0.05, 0) is 46.3 Å². The molecule has 1 saturated carbocycles. The predicted octanol–water partition coefficient (Wildman–Crippen LogP) is 5.96. The normalized spacial score (nSPS) is 32.5.